The van der Waals surface area contributed by atoms with Gasteiger partial charge in [0.15, 0.2) is 6.23 Å². The summed E-state index contributed by atoms with van der Waals surface area (Å²) in [5, 5.41) is 15.1. The Balaban J connectivity index is 1.60. The predicted molar refractivity (Wildman–Crippen MR) is 123 cm³/mol. The molecule has 1 atom stereocenters. The van der Waals surface area contributed by atoms with Crippen LogP contribution in [0.5, 0.6) is 5.75 Å². The van der Waals surface area contributed by atoms with Crippen LogP contribution in [0.1, 0.15) is 40.7 Å². The van der Waals surface area contributed by atoms with Crippen LogP contribution in [0, 0.1) is 11.3 Å². The van der Waals surface area contributed by atoms with Crippen LogP contribution in [0.3, 0.4) is 0 Å². The van der Waals surface area contributed by atoms with E-state index in [4.69, 9.17) is 21.1 Å². The van der Waals surface area contributed by atoms with Gasteiger partial charge in [-0.15, -0.1) is 0 Å². The van der Waals surface area contributed by atoms with E-state index in [1.807, 2.05) is 30.4 Å². The number of alkyl carbamates (subject to hydrolysis) is 1. The average molecular weight is 466 g/mol. The van der Waals surface area contributed by atoms with Gasteiger partial charge in [0.1, 0.15) is 17.9 Å². The molecule has 0 saturated heterocycles. The summed E-state index contributed by atoms with van der Waals surface area (Å²) in [4.78, 5) is 25.6. The quantitative estimate of drug-likeness (QED) is 0.644. The highest BCUT2D eigenvalue weighted by Gasteiger charge is 2.45. The van der Waals surface area contributed by atoms with Gasteiger partial charge in [-0.25, -0.2) is 4.79 Å². The van der Waals surface area contributed by atoms with Crippen LogP contribution >= 0.6 is 11.6 Å². The Labute approximate surface area is 197 Å². The lowest BCUT2D eigenvalue weighted by molar-refractivity contribution is 0.0623. The maximum atomic E-state index is 13.1. The molecule has 1 fully saturated rings. The zero-order valence-corrected chi connectivity index (χ0v) is 18.7. The summed E-state index contributed by atoms with van der Waals surface area (Å²) in [5.41, 5.74) is 1.29. The first-order chi connectivity index (χ1) is 16.0. The average Bonchev–Trinajstić information content (AvgIpc) is 3.56. The number of fused-ring (bicyclic) bond motifs is 9. The van der Waals surface area contributed by atoms with Crippen LogP contribution in [-0.4, -0.2) is 30.4 Å². The lowest BCUT2D eigenvalue weighted by Gasteiger charge is -2.22. The molecule has 0 radical (unpaired) electrons. The SMILES string of the molecule is N#CC1(NC(=O)O[C@H]2Cc3ccc(c(Cl)c3)OC/C=C/CCc3ccccc3C(=O)N2)CC1. The van der Waals surface area contributed by atoms with Crippen molar-refractivity contribution >= 4 is 23.6 Å². The highest BCUT2D eigenvalue weighted by Crippen LogP contribution is 2.34. The van der Waals surface area contributed by atoms with Gasteiger partial charge in [0.25, 0.3) is 5.91 Å². The summed E-state index contributed by atoms with van der Waals surface area (Å²) in [5.74, 6) is 0.207. The number of carbonyl (C=O) groups excluding carboxylic acids is 2. The number of nitrogens with zero attached hydrogens (tertiary/aromatic N) is 1. The molecule has 33 heavy (non-hydrogen) atoms. The van der Waals surface area contributed by atoms with Crippen LogP contribution in [0.4, 0.5) is 4.79 Å². The number of benzene rings is 2. The zero-order chi connectivity index (χ0) is 23.3. The molecule has 8 heteroatoms. The molecule has 2 bridgehead atoms. The predicted octanol–water partition coefficient (Wildman–Crippen LogP) is 4.30. The standard InChI is InChI=1S/C25H24ClN3O4/c26-20-14-17-9-10-21(20)32-13-5-1-2-6-18-7-3-4-8-19(18)23(30)28-22(15-17)33-24(31)29-25(16-27)11-12-25/h1,3-5,7-10,14,22H,2,6,11-13,15H2,(H,28,30)(H,29,31)/b5-1+/t22-/m0/s1. The Morgan fingerprint density at radius 1 is 1.24 bits per heavy atom. The minimum absolute atomic E-state index is 0.195. The molecule has 2 heterocycles. The van der Waals surface area contributed by atoms with Crippen molar-refractivity contribution < 1.29 is 19.1 Å². The first kappa shape index (κ1) is 22.7. The molecule has 1 saturated carbocycles. The van der Waals surface area contributed by atoms with Gasteiger partial charge in [-0.2, -0.15) is 5.26 Å². The van der Waals surface area contributed by atoms with Crippen molar-refractivity contribution in [1.29, 1.82) is 5.26 Å². The largest absolute Gasteiger partial charge is 0.488 e. The number of rotatable bonds is 2. The second kappa shape index (κ2) is 9.97. The molecule has 0 aromatic heterocycles. The molecule has 2 N–H and O–H groups in total. The van der Waals surface area contributed by atoms with Crippen molar-refractivity contribution in [1.82, 2.24) is 10.6 Å². The van der Waals surface area contributed by atoms with Crippen LogP contribution in [-0.2, 0) is 17.6 Å². The van der Waals surface area contributed by atoms with E-state index in [2.05, 4.69) is 16.7 Å². The Kier molecular flexibility index (Phi) is 6.85. The number of hydrogen-bond acceptors (Lipinski definition) is 5. The molecule has 170 valence electrons. The van der Waals surface area contributed by atoms with Gasteiger partial charge < -0.3 is 20.1 Å². The third-order valence-corrected chi connectivity index (χ3v) is 5.90. The number of allylic oxidation sites excluding steroid dienone is 1. The first-order valence-corrected chi connectivity index (χ1v) is 11.2. The van der Waals surface area contributed by atoms with Gasteiger partial charge in [0, 0.05) is 12.0 Å². The Morgan fingerprint density at radius 3 is 2.82 bits per heavy atom. The summed E-state index contributed by atoms with van der Waals surface area (Å²) in [6, 6.07) is 14.7. The Bertz CT molecular complexity index is 1120. The van der Waals surface area contributed by atoms with E-state index in [0.717, 1.165) is 17.5 Å². The van der Waals surface area contributed by atoms with Crippen molar-refractivity contribution in [3.63, 3.8) is 0 Å². The van der Waals surface area contributed by atoms with Gasteiger partial charge in [-0.05, 0) is 55.0 Å². The smallest absolute Gasteiger partial charge is 0.410 e. The highest BCUT2D eigenvalue weighted by molar-refractivity contribution is 6.32. The fraction of sp³-hybridized carbons (Fsp3) is 0.320. The molecule has 1 aliphatic carbocycles. The number of aryl methyl sites for hydroxylation is 1. The minimum atomic E-state index is -0.962. The normalized spacial score (nSPS) is 20.4. The summed E-state index contributed by atoms with van der Waals surface area (Å²) < 4.78 is 11.3. The van der Waals surface area contributed by atoms with Crippen molar-refractivity contribution in [3.8, 4) is 11.8 Å². The summed E-state index contributed by atoms with van der Waals surface area (Å²) in [7, 11) is 0. The van der Waals surface area contributed by atoms with Crippen LogP contribution in [0.15, 0.2) is 54.6 Å². The van der Waals surface area contributed by atoms with Gasteiger partial charge in [-0.3, -0.25) is 4.79 Å². The molecule has 3 aliphatic rings. The van der Waals surface area contributed by atoms with Crippen LogP contribution in [0.2, 0.25) is 5.02 Å². The second-order valence-corrected chi connectivity index (χ2v) is 8.54. The summed E-state index contributed by atoms with van der Waals surface area (Å²) >= 11 is 6.36. The van der Waals surface area contributed by atoms with E-state index in [1.54, 1.807) is 24.3 Å². The van der Waals surface area contributed by atoms with Crippen LogP contribution < -0.4 is 15.4 Å². The Hall–Kier alpha value is -3.50. The number of carbonyl (C=O) groups is 2. The van der Waals surface area contributed by atoms with Gasteiger partial charge in [0.2, 0.25) is 0 Å². The number of halogens is 1. The number of hydrogen-bond donors (Lipinski definition) is 2. The van der Waals surface area contributed by atoms with E-state index in [9.17, 15) is 14.9 Å². The van der Waals surface area contributed by atoms with Gasteiger partial charge in [-0.1, -0.05) is 48.0 Å². The third kappa shape index (κ3) is 5.85. The maximum Gasteiger partial charge on any atom is 0.410 e. The summed E-state index contributed by atoms with van der Waals surface area (Å²) in [6.45, 7) is 0.383. The molecular weight excluding hydrogens is 442 g/mol. The topological polar surface area (TPSA) is 100 Å². The minimum Gasteiger partial charge on any atom is -0.488 e. The van der Waals surface area contributed by atoms with Crippen molar-refractivity contribution in [2.45, 2.75) is 43.9 Å². The molecule has 2 aliphatic heterocycles. The molecule has 2 aromatic carbocycles. The highest BCUT2D eigenvalue weighted by atomic mass is 35.5. The monoisotopic (exact) mass is 465 g/mol. The van der Waals surface area contributed by atoms with E-state index < -0.39 is 17.9 Å². The van der Waals surface area contributed by atoms with E-state index in [0.29, 0.717) is 42.2 Å². The van der Waals surface area contributed by atoms with E-state index >= 15 is 0 Å². The maximum absolute atomic E-state index is 13.1. The second-order valence-electron chi connectivity index (χ2n) is 8.13. The number of nitrogens with one attached hydrogen (secondary N) is 2. The van der Waals surface area contributed by atoms with E-state index in [1.165, 1.54) is 0 Å². The molecule has 0 unspecified atom stereocenters. The van der Waals surface area contributed by atoms with Crippen molar-refractivity contribution in [2.75, 3.05) is 6.61 Å². The lowest BCUT2D eigenvalue weighted by Crippen LogP contribution is -2.45. The lowest BCUT2D eigenvalue weighted by atomic mass is 10.0. The fourth-order valence-corrected chi connectivity index (χ4v) is 3.87. The molecule has 0 spiro atoms. The van der Waals surface area contributed by atoms with Crippen molar-refractivity contribution in [3.05, 3.63) is 76.3 Å². The van der Waals surface area contributed by atoms with Crippen molar-refractivity contribution in [2.24, 2.45) is 0 Å². The number of ether oxygens (including phenoxy) is 2. The fourth-order valence-electron chi connectivity index (χ4n) is 3.61. The molecule has 2 aromatic rings. The van der Waals surface area contributed by atoms with Gasteiger partial charge in [0.05, 0.1) is 11.1 Å². The number of amides is 2. The van der Waals surface area contributed by atoms with Crippen LogP contribution in [0.25, 0.3) is 0 Å². The Morgan fingerprint density at radius 2 is 2.06 bits per heavy atom. The third-order valence-electron chi connectivity index (χ3n) is 5.61. The molecular formula is C25H24ClN3O4. The number of nitriles is 1. The summed E-state index contributed by atoms with van der Waals surface area (Å²) in [6.07, 6.45) is 4.97. The molecule has 5 rings (SSSR count). The zero-order valence-electron chi connectivity index (χ0n) is 18.0. The molecule has 2 amide bonds. The van der Waals surface area contributed by atoms with E-state index in [-0.39, 0.29) is 12.3 Å². The molecule has 7 nitrogen and oxygen atoms in total. The van der Waals surface area contributed by atoms with Gasteiger partial charge >= 0.3 is 6.09 Å². The first-order valence-electron chi connectivity index (χ1n) is 10.8.